The molecule has 0 unspecified atom stereocenters. The van der Waals surface area contributed by atoms with Gasteiger partial charge in [-0.25, -0.2) is 22.3 Å². The molecule has 3 rings (SSSR count). The topological polar surface area (TPSA) is 102 Å². The van der Waals surface area contributed by atoms with E-state index in [1.165, 1.54) is 47.7 Å². The molecule has 1 aromatic heterocycles. The van der Waals surface area contributed by atoms with Gasteiger partial charge in [-0.15, -0.1) is 11.3 Å². The second-order valence-corrected chi connectivity index (χ2v) is 9.53. The van der Waals surface area contributed by atoms with Crippen LogP contribution in [0, 0.1) is 5.82 Å². The van der Waals surface area contributed by atoms with Crippen molar-refractivity contribution in [2.24, 2.45) is 0 Å². The lowest BCUT2D eigenvalue weighted by atomic mass is 10.1. The number of nitrogens with one attached hydrogen (secondary N) is 2. The summed E-state index contributed by atoms with van der Waals surface area (Å²) in [5.74, 6) is -1.64. The summed E-state index contributed by atoms with van der Waals surface area (Å²) in [6, 6.07) is 15.0. The van der Waals surface area contributed by atoms with Gasteiger partial charge in [0.25, 0.3) is 5.91 Å². The summed E-state index contributed by atoms with van der Waals surface area (Å²) in [5, 5.41) is 4.45. The lowest BCUT2D eigenvalue weighted by molar-refractivity contribution is -0.124. The van der Waals surface area contributed by atoms with Gasteiger partial charge in [0.2, 0.25) is 10.0 Å². The number of hydrogen-bond acceptors (Lipinski definition) is 6. The van der Waals surface area contributed by atoms with E-state index in [0.29, 0.717) is 13.0 Å². The Balaban J connectivity index is 1.48. The maximum absolute atomic E-state index is 12.9. The average molecular weight is 477 g/mol. The largest absolute Gasteiger partial charge is 0.452 e. The molecule has 7 nitrogen and oxygen atoms in total. The first-order chi connectivity index (χ1) is 15.3. The molecule has 0 aliphatic carbocycles. The van der Waals surface area contributed by atoms with Gasteiger partial charge in [0.05, 0.1) is 10.5 Å². The number of thiophene rings is 1. The predicted octanol–water partition coefficient (Wildman–Crippen LogP) is 2.88. The van der Waals surface area contributed by atoms with E-state index < -0.39 is 28.5 Å². The molecule has 168 valence electrons. The molecule has 10 heteroatoms. The van der Waals surface area contributed by atoms with Crippen molar-refractivity contribution < 1.29 is 27.1 Å². The Morgan fingerprint density at radius 2 is 1.81 bits per heavy atom. The predicted molar refractivity (Wildman–Crippen MR) is 118 cm³/mol. The van der Waals surface area contributed by atoms with E-state index in [4.69, 9.17) is 4.74 Å². The second kappa shape index (κ2) is 11.0. The van der Waals surface area contributed by atoms with Crippen LogP contribution in [0.15, 0.2) is 70.9 Å². The van der Waals surface area contributed by atoms with Gasteiger partial charge in [0, 0.05) is 18.0 Å². The standard InChI is InChI=1S/C22H21FN2O5S2/c23-18-8-6-16(7-9-18)10-11-24-21(26)15-30-22(27)17-3-1-5-20(13-17)32(28,29)25-14-19-4-2-12-31-19/h1-9,12-13,25H,10-11,14-15H2,(H,24,26). The SMILES string of the molecule is O=C(COC(=O)c1cccc(S(=O)(=O)NCc2cccs2)c1)NCCc1ccc(F)cc1. The minimum Gasteiger partial charge on any atom is -0.452 e. The molecule has 1 heterocycles. The van der Waals surface area contributed by atoms with Crippen LogP contribution in [0.2, 0.25) is 0 Å². The quantitative estimate of drug-likeness (QED) is 0.438. The van der Waals surface area contributed by atoms with Crippen molar-refractivity contribution in [3.63, 3.8) is 0 Å². The fraction of sp³-hybridized carbons (Fsp3) is 0.182. The number of ether oxygens (including phenoxy) is 1. The average Bonchev–Trinajstić information content (AvgIpc) is 3.31. The molecule has 0 radical (unpaired) electrons. The van der Waals surface area contributed by atoms with Crippen LogP contribution in [-0.2, 0) is 32.5 Å². The zero-order valence-corrected chi connectivity index (χ0v) is 18.5. The smallest absolute Gasteiger partial charge is 0.338 e. The summed E-state index contributed by atoms with van der Waals surface area (Å²) in [5.41, 5.74) is 0.873. The third-order valence-corrected chi connectivity index (χ3v) is 6.66. The number of hydrogen-bond donors (Lipinski definition) is 2. The summed E-state index contributed by atoms with van der Waals surface area (Å²) < 4.78 is 45.3. The monoisotopic (exact) mass is 476 g/mol. The Hall–Kier alpha value is -3.08. The molecule has 2 aromatic carbocycles. The lowest BCUT2D eigenvalue weighted by Crippen LogP contribution is -2.30. The van der Waals surface area contributed by atoms with Crippen LogP contribution in [-0.4, -0.2) is 33.4 Å². The minimum atomic E-state index is -3.82. The van der Waals surface area contributed by atoms with Crippen molar-refractivity contribution in [2.45, 2.75) is 17.9 Å². The van der Waals surface area contributed by atoms with Gasteiger partial charge in [0.1, 0.15) is 5.82 Å². The molecule has 3 aromatic rings. The highest BCUT2D eigenvalue weighted by Gasteiger charge is 2.17. The summed E-state index contributed by atoms with van der Waals surface area (Å²) in [7, 11) is -3.82. The molecule has 0 saturated heterocycles. The van der Waals surface area contributed by atoms with Crippen LogP contribution >= 0.6 is 11.3 Å². The molecular weight excluding hydrogens is 455 g/mol. The number of halogens is 1. The summed E-state index contributed by atoms with van der Waals surface area (Å²) in [6.45, 7) is -0.0612. The zero-order valence-electron chi connectivity index (χ0n) is 16.9. The molecule has 0 saturated carbocycles. The first-order valence-electron chi connectivity index (χ1n) is 9.64. The van der Waals surface area contributed by atoms with Gasteiger partial charge >= 0.3 is 5.97 Å². The fourth-order valence-corrected chi connectivity index (χ4v) is 4.50. The molecule has 0 bridgehead atoms. The molecule has 0 aliphatic heterocycles. The second-order valence-electron chi connectivity index (χ2n) is 6.73. The maximum Gasteiger partial charge on any atom is 0.338 e. The molecule has 0 aliphatic rings. The molecule has 0 atom stereocenters. The van der Waals surface area contributed by atoms with Gasteiger partial charge < -0.3 is 10.1 Å². The van der Waals surface area contributed by atoms with Gasteiger partial charge in [-0.2, -0.15) is 0 Å². The maximum atomic E-state index is 12.9. The normalized spacial score (nSPS) is 11.2. The zero-order chi connectivity index (χ0) is 23.0. The first-order valence-corrected chi connectivity index (χ1v) is 12.0. The molecule has 1 amide bonds. The van der Waals surface area contributed by atoms with E-state index in [0.717, 1.165) is 10.4 Å². The van der Waals surface area contributed by atoms with E-state index in [1.807, 2.05) is 17.5 Å². The lowest BCUT2D eigenvalue weighted by Gasteiger charge is -2.09. The number of esters is 1. The van der Waals surface area contributed by atoms with Crippen LogP contribution < -0.4 is 10.0 Å². The highest BCUT2D eigenvalue weighted by molar-refractivity contribution is 7.89. The van der Waals surface area contributed by atoms with Gasteiger partial charge in [-0.1, -0.05) is 24.3 Å². The first kappa shape index (κ1) is 23.6. The Bertz CT molecular complexity index is 1160. The number of carbonyl (C=O) groups is 2. The van der Waals surface area contributed by atoms with Crippen LogP contribution in [0.25, 0.3) is 0 Å². The number of carbonyl (C=O) groups excluding carboxylic acids is 2. The van der Waals surface area contributed by atoms with Gasteiger partial charge in [-0.3, -0.25) is 4.79 Å². The Kier molecular flexibility index (Phi) is 8.09. The van der Waals surface area contributed by atoms with Crippen LogP contribution in [0.4, 0.5) is 4.39 Å². The third-order valence-electron chi connectivity index (χ3n) is 4.38. The van der Waals surface area contributed by atoms with Crippen molar-refractivity contribution >= 4 is 33.2 Å². The molecular formula is C22H21FN2O5S2. The van der Waals surface area contributed by atoms with E-state index in [2.05, 4.69) is 10.0 Å². The van der Waals surface area contributed by atoms with E-state index in [-0.39, 0.29) is 22.8 Å². The molecule has 32 heavy (non-hydrogen) atoms. The molecule has 0 fully saturated rings. The van der Waals surface area contributed by atoms with Crippen LogP contribution in [0.3, 0.4) is 0 Å². The Labute approximate surface area is 189 Å². The van der Waals surface area contributed by atoms with Gasteiger partial charge in [-0.05, 0) is 53.8 Å². The Morgan fingerprint density at radius 3 is 2.53 bits per heavy atom. The van der Waals surface area contributed by atoms with Crippen molar-refractivity contribution in [3.05, 3.63) is 87.9 Å². The number of amides is 1. The van der Waals surface area contributed by atoms with E-state index >= 15 is 0 Å². The van der Waals surface area contributed by atoms with E-state index in [9.17, 15) is 22.4 Å². The highest BCUT2D eigenvalue weighted by atomic mass is 32.2. The number of rotatable bonds is 10. The van der Waals surface area contributed by atoms with Crippen molar-refractivity contribution in [2.75, 3.05) is 13.2 Å². The van der Waals surface area contributed by atoms with E-state index in [1.54, 1.807) is 12.1 Å². The van der Waals surface area contributed by atoms with Gasteiger partial charge in [0.15, 0.2) is 6.61 Å². The van der Waals surface area contributed by atoms with Crippen LogP contribution in [0.5, 0.6) is 0 Å². The minimum absolute atomic E-state index is 0.0168. The summed E-state index contributed by atoms with van der Waals surface area (Å²) in [6.07, 6.45) is 0.498. The van der Waals surface area contributed by atoms with Crippen molar-refractivity contribution in [1.29, 1.82) is 0 Å². The molecule has 0 spiro atoms. The fourth-order valence-electron chi connectivity index (χ4n) is 2.72. The highest BCUT2D eigenvalue weighted by Crippen LogP contribution is 2.14. The Morgan fingerprint density at radius 1 is 1.03 bits per heavy atom. The number of benzene rings is 2. The van der Waals surface area contributed by atoms with Crippen molar-refractivity contribution in [1.82, 2.24) is 10.0 Å². The third kappa shape index (κ3) is 6.98. The van der Waals surface area contributed by atoms with Crippen LogP contribution in [0.1, 0.15) is 20.8 Å². The molecule has 2 N–H and O–H groups in total. The summed E-state index contributed by atoms with van der Waals surface area (Å²) >= 11 is 1.43. The number of sulfonamides is 1. The summed E-state index contributed by atoms with van der Waals surface area (Å²) in [4.78, 5) is 24.9. The van der Waals surface area contributed by atoms with Crippen molar-refractivity contribution in [3.8, 4) is 0 Å².